The van der Waals surface area contributed by atoms with Gasteiger partial charge in [-0.15, -0.1) is 0 Å². The first-order chi connectivity index (χ1) is 5.74. The van der Waals surface area contributed by atoms with E-state index < -0.39 is 4.33 Å². The van der Waals surface area contributed by atoms with Gasteiger partial charge in [0.05, 0.1) is 11.5 Å². The highest BCUT2D eigenvalue weighted by Gasteiger charge is 2.08. The highest BCUT2D eigenvalue weighted by Crippen LogP contribution is 2.22. The van der Waals surface area contributed by atoms with Crippen LogP contribution in [0.15, 0.2) is 29.2 Å². The van der Waals surface area contributed by atoms with E-state index in [1.54, 1.807) is 24.3 Å². The lowest BCUT2D eigenvalue weighted by atomic mass is 10.2. The Balaban J connectivity index is 2.89. The van der Waals surface area contributed by atoms with Crippen molar-refractivity contribution < 1.29 is 9.44 Å². The molecular formula is C7H7NO3S. The molecule has 0 aromatic heterocycles. The van der Waals surface area contributed by atoms with Crippen molar-refractivity contribution in [3.63, 3.8) is 0 Å². The third-order valence-corrected chi connectivity index (χ3v) is 2.06. The lowest BCUT2D eigenvalue weighted by Gasteiger charge is -1.98. The molecule has 0 atom stereocenters. The number of nitro groups is 1. The fraction of sp³-hybridized carbons (Fsp3) is 0.143. The van der Waals surface area contributed by atoms with E-state index in [1.165, 1.54) is 0 Å². The molecule has 1 aromatic rings. The van der Waals surface area contributed by atoms with Crippen LogP contribution in [0.5, 0.6) is 0 Å². The van der Waals surface area contributed by atoms with Crippen LogP contribution in [0, 0.1) is 10.1 Å². The highest BCUT2D eigenvalue weighted by molar-refractivity contribution is 7.93. The molecule has 0 amide bonds. The average Bonchev–Trinajstić information content (AvgIpc) is 2.04. The Morgan fingerprint density at radius 1 is 1.50 bits per heavy atom. The molecule has 0 spiro atoms. The van der Waals surface area contributed by atoms with E-state index in [-0.39, 0.29) is 6.61 Å². The number of aliphatic hydroxyl groups is 1. The van der Waals surface area contributed by atoms with Crippen LogP contribution in [0.3, 0.4) is 0 Å². The molecule has 0 unspecified atom stereocenters. The van der Waals surface area contributed by atoms with Crippen LogP contribution in [-0.2, 0) is 6.61 Å². The van der Waals surface area contributed by atoms with Crippen LogP contribution in [-0.4, -0.2) is 9.44 Å². The first-order valence-electron chi connectivity index (χ1n) is 3.25. The van der Waals surface area contributed by atoms with Crippen LogP contribution < -0.4 is 0 Å². The minimum absolute atomic E-state index is 0.170. The molecule has 4 nitrogen and oxygen atoms in total. The smallest absolute Gasteiger partial charge is 0.266 e. The van der Waals surface area contributed by atoms with Crippen molar-refractivity contribution in [1.82, 2.24) is 0 Å². The second-order valence-electron chi connectivity index (χ2n) is 2.08. The molecule has 0 radical (unpaired) electrons. The first-order valence-corrected chi connectivity index (χ1v) is 4.02. The standard InChI is InChI=1S/C7H7NO3S/c9-5-6-3-1-2-4-7(6)12-8(10)11/h1-4,9H,5H2. The molecule has 64 valence electrons. The van der Waals surface area contributed by atoms with E-state index in [0.29, 0.717) is 22.4 Å². The SMILES string of the molecule is O=[N+]([O-])Sc1ccccc1CO. The van der Waals surface area contributed by atoms with E-state index in [1.807, 2.05) is 0 Å². The summed E-state index contributed by atoms with van der Waals surface area (Å²) >= 11 is 0.512. The zero-order valence-corrected chi connectivity index (χ0v) is 6.95. The predicted molar refractivity (Wildman–Crippen MR) is 45.2 cm³/mol. The van der Waals surface area contributed by atoms with Crippen LogP contribution >= 0.6 is 11.9 Å². The first kappa shape index (κ1) is 9.02. The molecule has 0 aliphatic rings. The van der Waals surface area contributed by atoms with Crippen LogP contribution in [0.1, 0.15) is 5.56 Å². The monoisotopic (exact) mass is 185 g/mol. The molecule has 0 fully saturated rings. The van der Waals surface area contributed by atoms with Crippen molar-refractivity contribution in [3.8, 4) is 0 Å². The largest absolute Gasteiger partial charge is 0.392 e. The predicted octanol–water partition coefficient (Wildman–Crippen LogP) is 1.46. The third-order valence-electron chi connectivity index (χ3n) is 1.32. The fourth-order valence-corrected chi connectivity index (χ4v) is 1.35. The molecule has 0 bridgehead atoms. The van der Waals surface area contributed by atoms with Crippen LogP contribution in [0.4, 0.5) is 0 Å². The van der Waals surface area contributed by atoms with Gasteiger partial charge in [0, 0.05) is 0 Å². The lowest BCUT2D eigenvalue weighted by molar-refractivity contribution is -0.284. The molecule has 1 N–H and O–H groups in total. The Hall–Kier alpha value is -1.07. The summed E-state index contributed by atoms with van der Waals surface area (Å²) in [6, 6.07) is 6.70. The van der Waals surface area contributed by atoms with Crippen LogP contribution in [0.2, 0.25) is 0 Å². The maximum atomic E-state index is 10.1. The van der Waals surface area contributed by atoms with Crippen molar-refractivity contribution in [2.75, 3.05) is 0 Å². The van der Waals surface area contributed by atoms with Gasteiger partial charge in [0.15, 0.2) is 0 Å². The molecule has 12 heavy (non-hydrogen) atoms. The highest BCUT2D eigenvalue weighted by atomic mass is 32.2. The van der Waals surface area contributed by atoms with Crippen molar-refractivity contribution in [1.29, 1.82) is 0 Å². The second kappa shape index (κ2) is 4.08. The number of nitrogens with zero attached hydrogens (tertiary/aromatic N) is 1. The zero-order valence-electron chi connectivity index (χ0n) is 6.14. The average molecular weight is 185 g/mol. The summed E-state index contributed by atoms with van der Waals surface area (Å²) in [5, 5.41) is 18.9. The van der Waals surface area contributed by atoms with Crippen molar-refractivity contribution in [2.24, 2.45) is 0 Å². The van der Waals surface area contributed by atoms with E-state index in [2.05, 4.69) is 0 Å². The maximum Gasteiger partial charge on any atom is 0.266 e. The van der Waals surface area contributed by atoms with Gasteiger partial charge in [-0.3, -0.25) is 10.1 Å². The Morgan fingerprint density at radius 2 is 2.17 bits per heavy atom. The van der Waals surface area contributed by atoms with Crippen molar-refractivity contribution in [2.45, 2.75) is 11.5 Å². The van der Waals surface area contributed by atoms with Gasteiger partial charge in [-0.1, -0.05) is 18.2 Å². The molecule has 0 heterocycles. The summed E-state index contributed by atoms with van der Waals surface area (Å²) in [5.41, 5.74) is 0.583. The van der Waals surface area contributed by atoms with Gasteiger partial charge in [0.25, 0.3) is 11.9 Å². The third kappa shape index (κ3) is 2.21. The van der Waals surface area contributed by atoms with Crippen molar-refractivity contribution >= 4 is 11.9 Å². The van der Waals surface area contributed by atoms with E-state index in [4.69, 9.17) is 5.11 Å². The summed E-state index contributed by atoms with van der Waals surface area (Å²) in [6.07, 6.45) is 0. The maximum absolute atomic E-state index is 10.1. The lowest BCUT2D eigenvalue weighted by Crippen LogP contribution is -1.90. The molecule has 0 aliphatic carbocycles. The Kier molecular flexibility index (Phi) is 3.07. The fourth-order valence-electron chi connectivity index (χ4n) is 0.804. The number of aliphatic hydroxyl groups excluding tert-OH is 1. The Morgan fingerprint density at radius 3 is 2.75 bits per heavy atom. The van der Waals surface area contributed by atoms with Gasteiger partial charge in [0.2, 0.25) is 0 Å². The minimum Gasteiger partial charge on any atom is -0.392 e. The minimum atomic E-state index is -0.492. The molecule has 1 aromatic carbocycles. The normalized spacial score (nSPS) is 9.75. The number of hydrogen-bond donors (Lipinski definition) is 1. The van der Waals surface area contributed by atoms with E-state index in [0.717, 1.165) is 0 Å². The van der Waals surface area contributed by atoms with Gasteiger partial charge in [-0.05, 0) is 11.6 Å². The summed E-state index contributed by atoms with van der Waals surface area (Å²) in [5.74, 6) is 0. The number of rotatable bonds is 3. The quantitative estimate of drug-likeness (QED) is 0.440. The Labute approximate surface area is 73.5 Å². The summed E-state index contributed by atoms with van der Waals surface area (Å²) in [6.45, 7) is -0.170. The van der Waals surface area contributed by atoms with Gasteiger partial charge in [0.1, 0.15) is 4.33 Å². The summed E-state index contributed by atoms with van der Waals surface area (Å²) in [7, 11) is 0. The Bertz CT molecular complexity index is 290. The van der Waals surface area contributed by atoms with Crippen molar-refractivity contribution in [3.05, 3.63) is 39.9 Å². The summed E-state index contributed by atoms with van der Waals surface area (Å²) < 4.78 is -0.492. The molecule has 0 aliphatic heterocycles. The molecule has 0 saturated carbocycles. The second-order valence-corrected chi connectivity index (χ2v) is 3.00. The molecule has 5 heteroatoms. The van der Waals surface area contributed by atoms with Gasteiger partial charge in [-0.2, -0.15) is 0 Å². The van der Waals surface area contributed by atoms with Gasteiger partial charge < -0.3 is 5.11 Å². The topological polar surface area (TPSA) is 63.4 Å². The molecule has 1 rings (SSSR count). The van der Waals surface area contributed by atoms with E-state index >= 15 is 0 Å². The van der Waals surface area contributed by atoms with Gasteiger partial charge in [-0.25, -0.2) is 0 Å². The molecule has 0 saturated heterocycles. The summed E-state index contributed by atoms with van der Waals surface area (Å²) in [4.78, 5) is 10.6. The number of benzene rings is 1. The van der Waals surface area contributed by atoms with Crippen LogP contribution in [0.25, 0.3) is 0 Å². The number of hydrogen-bond acceptors (Lipinski definition) is 4. The zero-order chi connectivity index (χ0) is 8.97. The van der Waals surface area contributed by atoms with E-state index in [9.17, 15) is 10.1 Å². The molecular weight excluding hydrogens is 178 g/mol. The van der Waals surface area contributed by atoms with Gasteiger partial charge >= 0.3 is 0 Å².